The fourth-order valence-electron chi connectivity index (χ4n) is 2.53. The number of hydrogen-bond acceptors (Lipinski definition) is 4. The monoisotopic (exact) mass is 353 g/mol. The van der Waals surface area contributed by atoms with Crippen molar-refractivity contribution in [2.45, 2.75) is 13.5 Å². The third kappa shape index (κ3) is 4.38. The van der Waals surface area contributed by atoms with Crippen LogP contribution in [0.15, 0.2) is 48.5 Å². The van der Waals surface area contributed by atoms with Crippen LogP contribution < -0.4 is 15.4 Å². The Hall–Kier alpha value is -3.35. The lowest BCUT2D eigenvalue weighted by molar-refractivity contribution is -0.125. The number of aryl methyl sites for hydroxylation is 1. The molecule has 1 fully saturated rings. The zero-order valence-corrected chi connectivity index (χ0v) is 14.3. The molecule has 7 heteroatoms. The maximum atomic E-state index is 12.0. The average Bonchev–Trinajstić information content (AvgIpc) is 2.94. The molecule has 0 saturated carbocycles. The van der Waals surface area contributed by atoms with E-state index in [0.717, 1.165) is 16.0 Å². The van der Waals surface area contributed by atoms with Gasteiger partial charge in [-0.2, -0.15) is 0 Å². The lowest BCUT2D eigenvalue weighted by Gasteiger charge is -2.13. The number of hydrogen-bond donors (Lipinski definition) is 2. The molecule has 134 valence electrons. The number of urea groups is 1. The quantitative estimate of drug-likeness (QED) is 0.778. The van der Waals surface area contributed by atoms with Crippen molar-refractivity contribution in [1.29, 1.82) is 0 Å². The Morgan fingerprint density at radius 3 is 2.65 bits per heavy atom. The van der Waals surface area contributed by atoms with Crippen LogP contribution in [0.1, 0.15) is 11.1 Å². The molecule has 1 aliphatic rings. The molecule has 2 aromatic carbocycles. The van der Waals surface area contributed by atoms with Gasteiger partial charge in [0.15, 0.2) is 6.61 Å². The fourth-order valence-corrected chi connectivity index (χ4v) is 2.53. The molecule has 0 aliphatic carbocycles. The number of ether oxygens (including phenoxy) is 1. The van der Waals surface area contributed by atoms with Crippen molar-refractivity contribution in [3.8, 4) is 5.75 Å². The maximum Gasteiger partial charge on any atom is 0.324 e. The first kappa shape index (κ1) is 17.5. The molecular weight excluding hydrogens is 334 g/mol. The topological polar surface area (TPSA) is 87.7 Å². The van der Waals surface area contributed by atoms with E-state index < -0.39 is 6.03 Å². The Labute approximate surface area is 150 Å². The first-order valence-corrected chi connectivity index (χ1v) is 8.18. The molecule has 26 heavy (non-hydrogen) atoms. The average molecular weight is 353 g/mol. The van der Waals surface area contributed by atoms with E-state index in [2.05, 4.69) is 10.6 Å². The van der Waals surface area contributed by atoms with Crippen molar-refractivity contribution in [2.75, 3.05) is 18.5 Å². The molecular formula is C19H19N3O4. The molecule has 4 amide bonds. The van der Waals surface area contributed by atoms with Gasteiger partial charge < -0.3 is 15.4 Å². The van der Waals surface area contributed by atoms with Gasteiger partial charge in [-0.1, -0.05) is 29.8 Å². The molecule has 2 aromatic rings. The predicted octanol–water partition coefficient (Wildman–Crippen LogP) is 2.06. The number of imide groups is 1. The molecule has 0 atom stereocenters. The summed E-state index contributed by atoms with van der Waals surface area (Å²) < 4.78 is 5.44. The van der Waals surface area contributed by atoms with Gasteiger partial charge in [-0.15, -0.1) is 0 Å². The van der Waals surface area contributed by atoms with Crippen LogP contribution in [0.5, 0.6) is 5.75 Å². The van der Waals surface area contributed by atoms with Crippen molar-refractivity contribution in [2.24, 2.45) is 0 Å². The number of anilines is 1. The van der Waals surface area contributed by atoms with Crippen LogP contribution in [0.25, 0.3) is 0 Å². The van der Waals surface area contributed by atoms with Gasteiger partial charge in [0.2, 0.25) is 5.91 Å². The Balaban J connectivity index is 1.56. The summed E-state index contributed by atoms with van der Waals surface area (Å²) in [5.41, 5.74) is 2.43. The Morgan fingerprint density at radius 2 is 1.96 bits per heavy atom. The fraction of sp³-hybridized carbons (Fsp3) is 0.211. The second-order valence-electron chi connectivity index (χ2n) is 5.99. The van der Waals surface area contributed by atoms with Crippen molar-refractivity contribution in [3.05, 3.63) is 59.7 Å². The molecule has 2 N–H and O–H groups in total. The Morgan fingerprint density at radius 1 is 1.19 bits per heavy atom. The number of nitrogens with zero attached hydrogens (tertiary/aromatic N) is 1. The van der Waals surface area contributed by atoms with E-state index in [4.69, 9.17) is 4.74 Å². The minimum absolute atomic E-state index is 0.0195. The van der Waals surface area contributed by atoms with Crippen LogP contribution in [0.4, 0.5) is 10.5 Å². The SMILES string of the molecule is Cc1ccc(OCC(=O)Nc2cccc(CN3C(=O)CNC3=O)c2)cc1. The van der Waals surface area contributed by atoms with Gasteiger partial charge in [0.25, 0.3) is 5.91 Å². The van der Waals surface area contributed by atoms with Gasteiger partial charge in [0.05, 0.1) is 13.1 Å². The maximum absolute atomic E-state index is 12.0. The van der Waals surface area contributed by atoms with Crippen LogP contribution in [-0.2, 0) is 16.1 Å². The van der Waals surface area contributed by atoms with E-state index in [1.165, 1.54) is 0 Å². The second-order valence-corrected chi connectivity index (χ2v) is 5.99. The summed E-state index contributed by atoms with van der Waals surface area (Å²) in [7, 11) is 0. The number of nitrogens with one attached hydrogen (secondary N) is 2. The third-order valence-electron chi connectivity index (χ3n) is 3.88. The van der Waals surface area contributed by atoms with E-state index >= 15 is 0 Å². The van der Waals surface area contributed by atoms with E-state index in [1.807, 2.05) is 19.1 Å². The lowest BCUT2D eigenvalue weighted by Crippen LogP contribution is -2.30. The van der Waals surface area contributed by atoms with Crippen molar-refractivity contribution < 1.29 is 19.1 Å². The van der Waals surface area contributed by atoms with E-state index in [-0.39, 0.29) is 31.5 Å². The number of rotatable bonds is 6. The molecule has 7 nitrogen and oxygen atoms in total. The van der Waals surface area contributed by atoms with Crippen LogP contribution in [-0.4, -0.2) is 35.9 Å². The van der Waals surface area contributed by atoms with Crippen molar-refractivity contribution in [1.82, 2.24) is 10.2 Å². The summed E-state index contributed by atoms with van der Waals surface area (Å²) in [5.74, 6) is 0.0618. The van der Waals surface area contributed by atoms with E-state index in [0.29, 0.717) is 11.4 Å². The number of benzene rings is 2. The van der Waals surface area contributed by atoms with Crippen LogP contribution in [0, 0.1) is 6.92 Å². The normalized spacial score (nSPS) is 13.5. The predicted molar refractivity (Wildman–Crippen MR) is 95.7 cm³/mol. The highest BCUT2D eigenvalue weighted by Crippen LogP contribution is 2.15. The lowest BCUT2D eigenvalue weighted by atomic mass is 10.2. The molecule has 1 heterocycles. The second kappa shape index (κ2) is 7.69. The highest BCUT2D eigenvalue weighted by Gasteiger charge is 2.28. The summed E-state index contributed by atoms with van der Waals surface area (Å²) in [5, 5.41) is 5.22. The zero-order chi connectivity index (χ0) is 18.5. The molecule has 1 saturated heterocycles. The standard InChI is InChI=1S/C19H19N3O4/c1-13-5-7-16(8-6-13)26-12-17(23)21-15-4-2-3-14(9-15)11-22-18(24)10-20-19(22)25/h2-9H,10-12H2,1H3,(H,20,25)(H,21,23). The van der Waals surface area contributed by atoms with Gasteiger partial charge in [-0.3, -0.25) is 14.5 Å². The van der Waals surface area contributed by atoms with Crippen molar-refractivity contribution in [3.63, 3.8) is 0 Å². The summed E-state index contributed by atoms with van der Waals surface area (Å²) in [6, 6.07) is 14.0. The summed E-state index contributed by atoms with van der Waals surface area (Å²) in [4.78, 5) is 36.4. The number of amides is 4. The van der Waals surface area contributed by atoms with Crippen molar-refractivity contribution >= 4 is 23.5 Å². The largest absolute Gasteiger partial charge is 0.484 e. The number of carbonyl (C=O) groups excluding carboxylic acids is 3. The van der Waals surface area contributed by atoms with Gasteiger partial charge in [0.1, 0.15) is 5.75 Å². The van der Waals surface area contributed by atoms with Crippen LogP contribution >= 0.6 is 0 Å². The third-order valence-corrected chi connectivity index (χ3v) is 3.88. The number of carbonyl (C=O) groups is 3. The first-order chi connectivity index (χ1) is 12.5. The Kier molecular flexibility index (Phi) is 5.17. The summed E-state index contributed by atoms with van der Waals surface area (Å²) >= 11 is 0. The molecule has 0 radical (unpaired) electrons. The molecule has 0 unspecified atom stereocenters. The smallest absolute Gasteiger partial charge is 0.324 e. The first-order valence-electron chi connectivity index (χ1n) is 8.18. The highest BCUT2D eigenvalue weighted by molar-refractivity contribution is 6.01. The van der Waals surface area contributed by atoms with Gasteiger partial charge in [-0.25, -0.2) is 4.79 Å². The van der Waals surface area contributed by atoms with Gasteiger partial charge in [0, 0.05) is 5.69 Å². The molecule has 0 bridgehead atoms. The minimum Gasteiger partial charge on any atom is -0.484 e. The van der Waals surface area contributed by atoms with Gasteiger partial charge in [-0.05, 0) is 36.8 Å². The molecule has 3 rings (SSSR count). The Bertz CT molecular complexity index is 817. The minimum atomic E-state index is -0.407. The highest BCUT2D eigenvalue weighted by atomic mass is 16.5. The summed E-state index contributed by atoms with van der Waals surface area (Å²) in [6.45, 7) is 2.04. The molecule has 0 aromatic heterocycles. The molecule has 0 spiro atoms. The van der Waals surface area contributed by atoms with Crippen LogP contribution in [0.2, 0.25) is 0 Å². The summed E-state index contributed by atoms with van der Waals surface area (Å²) in [6.07, 6.45) is 0. The van der Waals surface area contributed by atoms with Crippen LogP contribution in [0.3, 0.4) is 0 Å². The van der Waals surface area contributed by atoms with E-state index in [1.54, 1.807) is 36.4 Å². The molecule has 1 aliphatic heterocycles. The zero-order valence-electron chi connectivity index (χ0n) is 14.3. The van der Waals surface area contributed by atoms with E-state index in [9.17, 15) is 14.4 Å². The van der Waals surface area contributed by atoms with Gasteiger partial charge >= 0.3 is 6.03 Å².